The smallest absolute Gasteiger partial charge is 0.244 e. The van der Waals surface area contributed by atoms with Crippen LogP contribution in [0.4, 0.5) is 0 Å². The maximum atomic E-state index is 13.0. The summed E-state index contributed by atoms with van der Waals surface area (Å²) >= 11 is 1.35. The lowest BCUT2D eigenvalue weighted by Crippen LogP contribution is -2.38. The van der Waals surface area contributed by atoms with Crippen molar-refractivity contribution >= 4 is 38.6 Å². The number of aliphatic hydroxyl groups excluding tert-OH is 1. The van der Waals surface area contributed by atoms with E-state index >= 15 is 0 Å². The van der Waals surface area contributed by atoms with Gasteiger partial charge in [0.25, 0.3) is 0 Å². The molecule has 1 aliphatic rings. The Morgan fingerprint density at radius 3 is 2.66 bits per heavy atom. The first-order valence-electron chi connectivity index (χ1n) is 11.4. The third kappa shape index (κ3) is 6.02. The topological polar surface area (TPSA) is 103 Å². The van der Waals surface area contributed by atoms with E-state index in [-0.39, 0.29) is 28.7 Å². The highest BCUT2D eigenvalue weighted by molar-refractivity contribution is 8.00. The molecule has 3 aromatic rings. The summed E-state index contributed by atoms with van der Waals surface area (Å²) in [4.78, 5) is 20.4. The highest BCUT2D eigenvalue weighted by atomic mass is 32.2. The molecule has 2 aromatic carbocycles. The summed E-state index contributed by atoms with van der Waals surface area (Å²) in [6.07, 6.45) is 1.99. The zero-order valence-corrected chi connectivity index (χ0v) is 21.4. The third-order valence-corrected chi connectivity index (χ3v) is 8.96. The number of aromatic nitrogens is 1. The van der Waals surface area contributed by atoms with Crippen LogP contribution in [0.5, 0.6) is 0 Å². The number of rotatable bonds is 9. The number of nitrogens with one attached hydrogen (secondary N) is 1. The van der Waals surface area contributed by atoms with Crippen LogP contribution < -0.4 is 5.32 Å². The highest BCUT2D eigenvalue weighted by Crippen LogP contribution is 2.32. The van der Waals surface area contributed by atoms with Gasteiger partial charge in [-0.3, -0.25) is 14.7 Å². The number of hydrogen-bond donors (Lipinski definition) is 2. The second-order valence-electron chi connectivity index (χ2n) is 8.77. The molecule has 0 spiro atoms. The molecule has 186 valence electrons. The Balaban J connectivity index is 1.50. The molecule has 35 heavy (non-hydrogen) atoms. The number of carbonyl (C=O) groups is 1. The van der Waals surface area contributed by atoms with Crippen LogP contribution in [0.25, 0.3) is 10.9 Å². The number of benzene rings is 2. The first-order chi connectivity index (χ1) is 16.8. The summed E-state index contributed by atoms with van der Waals surface area (Å²) in [6, 6.07) is 16.5. The van der Waals surface area contributed by atoms with Crippen molar-refractivity contribution in [3.63, 3.8) is 0 Å². The zero-order valence-electron chi connectivity index (χ0n) is 19.8. The largest absolute Gasteiger partial charge is 0.392 e. The standard InChI is InChI=1S/C25H30N4O4S2/c1-28(2)35(32,33)23-11-10-22(20-9-6-13-26-25(20)23)34-17-24(31)27-21(18-7-4-3-5-8-18)16-29-14-12-19(30)15-29/h3-11,13,19,21,30H,12,14-17H2,1-2H3,(H,27,31)/t19-,21+/m0/s1. The number of sulfonamides is 1. The van der Waals surface area contributed by atoms with Gasteiger partial charge in [0.1, 0.15) is 4.90 Å². The molecular weight excluding hydrogens is 484 g/mol. The van der Waals surface area contributed by atoms with Crippen LogP contribution in [0.2, 0.25) is 0 Å². The number of β-amino-alcohol motifs (C(OH)–C–C–N with tert-alkyl or cyclic N) is 1. The van der Waals surface area contributed by atoms with Crippen LogP contribution >= 0.6 is 11.8 Å². The molecule has 0 unspecified atom stereocenters. The number of carbonyl (C=O) groups excluding carboxylic acids is 1. The lowest BCUT2D eigenvalue weighted by Gasteiger charge is -2.25. The quantitative estimate of drug-likeness (QED) is 0.423. The molecule has 0 radical (unpaired) electrons. The second kappa shape index (κ2) is 11.0. The second-order valence-corrected chi connectivity index (χ2v) is 11.9. The minimum Gasteiger partial charge on any atom is -0.392 e. The molecule has 1 aromatic heterocycles. The van der Waals surface area contributed by atoms with Crippen molar-refractivity contribution < 1.29 is 18.3 Å². The van der Waals surface area contributed by atoms with E-state index in [9.17, 15) is 18.3 Å². The fourth-order valence-corrected chi connectivity index (χ4v) is 6.08. The summed E-state index contributed by atoms with van der Waals surface area (Å²) in [7, 11) is -0.675. The molecule has 2 heterocycles. The van der Waals surface area contributed by atoms with Gasteiger partial charge in [0.05, 0.1) is 23.4 Å². The maximum Gasteiger partial charge on any atom is 0.244 e. The summed E-state index contributed by atoms with van der Waals surface area (Å²) in [5.41, 5.74) is 1.40. The number of thioether (sulfide) groups is 1. The lowest BCUT2D eigenvalue weighted by atomic mass is 10.1. The Morgan fingerprint density at radius 1 is 1.20 bits per heavy atom. The van der Waals surface area contributed by atoms with Crippen LogP contribution in [-0.4, -0.2) is 79.2 Å². The van der Waals surface area contributed by atoms with E-state index in [1.165, 1.54) is 30.2 Å². The van der Waals surface area contributed by atoms with Crippen LogP contribution in [0.3, 0.4) is 0 Å². The van der Waals surface area contributed by atoms with Crippen molar-refractivity contribution in [2.24, 2.45) is 0 Å². The van der Waals surface area contributed by atoms with Crippen molar-refractivity contribution in [3.05, 3.63) is 66.4 Å². The van der Waals surface area contributed by atoms with Gasteiger partial charge in [-0.05, 0) is 30.2 Å². The Bertz CT molecular complexity index is 1290. The average Bonchev–Trinajstić information content (AvgIpc) is 3.26. The number of fused-ring (bicyclic) bond motifs is 1. The zero-order chi connectivity index (χ0) is 25.0. The number of hydrogen-bond acceptors (Lipinski definition) is 7. The number of nitrogens with zero attached hydrogens (tertiary/aromatic N) is 3. The minimum atomic E-state index is -3.65. The van der Waals surface area contributed by atoms with E-state index in [2.05, 4.69) is 15.2 Å². The van der Waals surface area contributed by atoms with E-state index in [4.69, 9.17) is 0 Å². The molecule has 0 aliphatic carbocycles. The van der Waals surface area contributed by atoms with Crippen molar-refractivity contribution in [1.29, 1.82) is 0 Å². The van der Waals surface area contributed by atoms with Gasteiger partial charge in [0.2, 0.25) is 15.9 Å². The van der Waals surface area contributed by atoms with Gasteiger partial charge in [-0.2, -0.15) is 0 Å². The molecule has 0 bridgehead atoms. The van der Waals surface area contributed by atoms with Gasteiger partial charge < -0.3 is 10.4 Å². The highest BCUT2D eigenvalue weighted by Gasteiger charge is 2.25. The molecule has 4 rings (SSSR count). The molecule has 10 heteroatoms. The molecule has 1 saturated heterocycles. The van der Waals surface area contributed by atoms with Crippen LogP contribution in [0, 0.1) is 0 Å². The van der Waals surface area contributed by atoms with E-state index in [1.807, 2.05) is 36.4 Å². The number of amides is 1. The lowest BCUT2D eigenvalue weighted by molar-refractivity contribution is -0.119. The predicted molar refractivity (Wildman–Crippen MR) is 138 cm³/mol. The summed E-state index contributed by atoms with van der Waals surface area (Å²) in [5, 5.41) is 13.7. The summed E-state index contributed by atoms with van der Waals surface area (Å²) in [5.74, 6) is 0.0565. The van der Waals surface area contributed by atoms with Gasteiger partial charge in [0.15, 0.2) is 0 Å². The van der Waals surface area contributed by atoms with Crippen LogP contribution in [0.1, 0.15) is 18.0 Å². The molecule has 8 nitrogen and oxygen atoms in total. The number of aliphatic hydroxyl groups is 1. The van der Waals surface area contributed by atoms with Gasteiger partial charge in [0, 0.05) is 50.2 Å². The first-order valence-corrected chi connectivity index (χ1v) is 13.9. The van der Waals surface area contributed by atoms with E-state index in [0.29, 0.717) is 24.0 Å². The monoisotopic (exact) mass is 514 g/mol. The van der Waals surface area contributed by atoms with Crippen LogP contribution in [0.15, 0.2) is 70.6 Å². The molecule has 1 amide bonds. The Morgan fingerprint density at radius 2 is 1.97 bits per heavy atom. The maximum absolute atomic E-state index is 13.0. The SMILES string of the molecule is CN(C)S(=O)(=O)c1ccc(SCC(=O)N[C@H](CN2CC[C@H](O)C2)c2ccccc2)c2cccnc12. The summed E-state index contributed by atoms with van der Waals surface area (Å²) < 4.78 is 26.6. The van der Waals surface area contributed by atoms with E-state index in [0.717, 1.165) is 23.4 Å². The summed E-state index contributed by atoms with van der Waals surface area (Å²) in [6.45, 7) is 2.03. The Kier molecular flexibility index (Phi) is 8.08. The normalized spacial score (nSPS) is 17.7. The molecule has 1 aliphatic heterocycles. The molecule has 1 fully saturated rings. The van der Waals surface area contributed by atoms with Crippen molar-refractivity contribution in [2.45, 2.75) is 28.4 Å². The fraction of sp³-hybridized carbons (Fsp3) is 0.360. The van der Waals surface area contributed by atoms with Gasteiger partial charge in [-0.15, -0.1) is 11.8 Å². The number of likely N-dealkylation sites (tertiary alicyclic amines) is 1. The average molecular weight is 515 g/mol. The van der Waals surface area contributed by atoms with Gasteiger partial charge in [-0.1, -0.05) is 36.4 Å². The van der Waals surface area contributed by atoms with Crippen molar-refractivity contribution in [3.8, 4) is 0 Å². The molecule has 0 saturated carbocycles. The molecular formula is C25H30N4O4S2. The van der Waals surface area contributed by atoms with E-state index < -0.39 is 10.0 Å². The minimum absolute atomic E-state index is 0.120. The third-order valence-electron chi connectivity index (χ3n) is 6.04. The Labute approximate surface area is 210 Å². The van der Waals surface area contributed by atoms with Crippen LogP contribution in [-0.2, 0) is 14.8 Å². The van der Waals surface area contributed by atoms with Gasteiger partial charge >= 0.3 is 0 Å². The molecule has 2 N–H and O–H groups in total. The number of pyridine rings is 1. The van der Waals surface area contributed by atoms with E-state index in [1.54, 1.807) is 24.4 Å². The predicted octanol–water partition coefficient (Wildman–Crippen LogP) is 2.50. The molecule has 2 atom stereocenters. The van der Waals surface area contributed by atoms with Crippen molar-refractivity contribution in [2.75, 3.05) is 39.5 Å². The van der Waals surface area contributed by atoms with Crippen molar-refractivity contribution in [1.82, 2.24) is 19.5 Å². The fourth-order valence-electron chi connectivity index (χ4n) is 4.19. The van der Waals surface area contributed by atoms with Gasteiger partial charge in [-0.25, -0.2) is 12.7 Å². The Hall–Kier alpha value is -2.50. The first kappa shape index (κ1) is 25.6.